The Morgan fingerprint density at radius 2 is 1.89 bits per heavy atom. The lowest BCUT2D eigenvalue weighted by molar-refractivity contribution is -0.134. The number of hydrogen-bond acceptors (Lipinski definition) is 5. The number of aromatic nitrogens is 2. The van der Waals surface area contributed by atoms with Gasteiger partial charge in [-0.15, -0.1) is 0 Å². The molecule has 0 saturated heterocycles. The van der Waals surface area contributed by atoms with Crippen LogP contribution in [-0.4, -0.2) is 22.9 Å². The summed E-state index contributed by atoms with van der Waals surface area (Å²) in [4.78, 5) is 24.0. The van der Waals surface area contributed by atoms with Gasteiger partial charge in [-0.2, -0.15) is 5.10 Å². The maximum Gasteiger partial charge on any atom is 0.347 e. The first-order valence-corrected chi connectivity index (χ1v) is 8.37. The number of fused-ring (bicyclic) bond motifs is 3. The fourth-order valence-electron chi connectivity index (χ4n) is 3.14. The van der Waals surface area contributed by atoms with E-state index in [4.69, 9.17) is 4.42 Å². The Labute approximate surface area is 154 Å². The lowest BCUT2D eigenvalue weighted by atomic mass is 10.1. The summed E-state index contributed by atoms with van der Waals surface area (Å²) in [5, 5.41) is 5.82. The van der Waals surface area contributed by atoms with Crippen molar-refractivity contribution >= 4 is 33.9 Å². The first kappa shape index (κ1) is 16.8. The van der Waals surface area contributed by atoms with Gasteiger partial charge in [-0.05, 0) is 31.2 Å². The van der Waals surface area contributed by atoms with E-state index in [9.17, 15) is 9.59 Å². The predicted octanol–water partition coefficient (Wildman–Crippen LogP) is 3.63. The number of nitrogens with zero attached hydrogens (tertiary/aromatic N) is 2. The normalized spacial score (nSPS) is 11.5. The van der Waals surface area contributed by atoms with Crippen molar-refractivity contribution in [3.05, 3.63) is 76.3 Å². The van der Waals surface area contributed by atoms with Gasteiger partial charge in [0.25, 0.3) is 0 Å². The number of rotatable bonds is 3. The van der Waals surface area contributed by atoms with E-state index >= 15 is 0 Å². The zero-order chi connectivity index (χ0) is 19.0. The molecule has 0 amide bonds. The Bertz CT molecular complexity index is 1260. The summed E-state index contributed by atoms with van der Waals surface area (Å²) in [6, 6.07) is 14.8. The first-order valence-electron chi connectivity index (χ1n) is 8.37. The molecule has 4 aromatic rings. The van der Waals surface area contributed by atoms with Gasteiger partial charge in [0.2, 0.25) is 0 Å². The van der Waals surface area contributed by atoms with Crippen molar-refractivity contribution in [2.75, 3.05) is 7.11 Å². The monoisotopic (exact) mass is 360 g/mol. The maximum absolute atomic E-state index is 12.5. The Hall–Kier alpha value is -3.67. The molecule has 0 aliphatic carbocycles. The second-order valence-corrected chi connectivity index (χ2v) is 6.02. The Morgan fingerprint density at radius 3 is 2.70 bits per heavy atom. The molecule has 0 saturated carbocycles. The number of methoxy groups -OCH3 is 1. The van der Waals surface area contributed by atoms with Crippen LogP contribution in [-0.2, 0) is 9.53 Å². The van der Waals surface area contributed by atoms with E-state index in [1.165, 1.54) is 13.2 Å². The minimum Gasteiger partial charge on any atom is -0.466 e. The van der Waals surface area contributed by atoms with Crippen LogP contribution in [0.3, 0.4) is 0 Å². The van der Waals surface area contributed by atoms with Gasteiger partial charge in [0.15, 0.2) is 0 Å². The van der Waals surface area contributed by atoms with Crippen LogP contribution in [0.1, 0.15) is 11.3 Å². The smallest absolute Gasteiger partial charge is 0.347 e. The lowest BCUT2D eigenvalue weighted by Crippen LogP contribution is -2.03. The molecule has 0 aliphatic rings. The Balaban J connectivity index is 2.06. The SMILES string of the molecule is COC(=O)/C=C/c1ccccc1-n1nc(C)c2c(=O)oc3ccccc3c21. The maximum atomic E-state index is 12.5. The molecular weight excluding hydrogens is 344 g/mol. The van der Waals surface area contributed by atoms with E-state index in [0.29, 0.717) is 22.2 Å². The number of ether oxygens (including phenoxy) is 1. The van der Waals surface area contributed by atoms with Crippen molar-refractivity contribution in [2.24, 2.45) is 0 Å². The van der Waals surface area contributed by atoms with Crippen molar-refractivity contribution in [3.63, 3.8) is 0 Å². The van der Waals surface area contributed by atoms with Gasteiger partial charge in [-0.25, -0.2) is 14.3 Å². The molecule has 6 heteroatoms. The minimum absolute atomic E-state index is 0.421. The van der Waals surface area contributed by atoms with Crippen LogP contribution in [0.4, 0.5) is 0 Å². The van der Waals surface area contributed by atoms with Crippen LogP contribution in [0.2, 0.25) is 0 Å². The molecule has 2 aromatic carbocycles. The summed E-state index contributed by atoms with van der Waals surface area (Å²) in [5.41, 5.74) is 2.85. The zero-order valence-electron chi connectivity index (χ0n) is 14.8. The third kappa shape index (κ3) is 2.81. The van der Waals surface area contributed by atoms with E-state index in [1.54, 1.807) is 23.7 Å². The molecule has 0 unspecified atom stereocenters. The summed E-state index contributed by atoms with van der Waals surface area (Å²) >= 11 is 0. The summed E-state index contributed by atoms with van der Waals surface area (Å²) in [6.07, 6.45) is 3.02. The topological polar surface area (TPSA) is 74.3 Å². The largest absolute Gasteiger partial charge is 0.466 e. The van der Waals surface area contributed by atoms with Crippen molar-refractivity contribution < 1.29 is 13.9 Å². The summed E-state index contributed by atoms with van der Waals surface area (Å²) in [7, 11) is 1.33. The first-order chi connectivity index (χ1) is 13.1. The number of carbonyl (C=O) groups excluding carboxylic acids is 1. The molecule has 6 nitrogen and oxygen atoms in total. The minimum atomic E-state index is -0.447. The molecule has 0 radical (unpaired) electrons. The van der Waals surface area contributed by atoms with Gasteiger partial charge >= 0.3 is 11.6 Å². The van der Waals surface area contributed by atoms with Crippen LogP contribution in [0.25, 0.3) is 33.6 Å². The summed E-state index contributed by atoms with van der Waals surface area (Å²) < 4.78 is 11.8. The highest BCUT2D eigenvalue weighted by Crippen LogP contribution is 2.28. The zero-order valence-corrected chi connectivity index (χ0v) is 14.8. The molecule has 0 spiro atoms. The molecule has 0 N–H and O–H groups in total. The third-order valence-corrected chi connectivity index (χ3v) is 4.37. The van der Waals surface area contributed by atoms with Crippen LogP contribution < -0.4 is 5.63 Å². The molecule has 27 heavy (non-hydrogen) atoms. The fraction of sp³-hybridized carbons (Fsp3) is 0.0952. The molecule has 0 fully saturated rings. The molecule has 2 aromatic heterocycles. The van der Waals surface area contributed by atoms with Crippen LogP contribution in [0, 0.1) is 6.92 Å². The number of para-hydroxylation sites is 2. The highest BCUT2D eigenvalue weighted by molar-refractivity contribution is 6.04. The fourth-order valence-corrected chi connectivity index (χ4v) is 3.14. The predicted molar refractivity (Wildman–Crippen MR) is 103 cm³/mol. The summed E-state index contributed by atoms with van der Waals surface area (Å²) in [6.45, 7) is 1.78. The highest BCUT2D eigenvalue weighted by atomic mass is 16.5. The van der Waals surface area contributed by atoms with E-state index in [1.807, 2.05) is 42.5 Å². The van der Waals surface area contributed by atoms with E-state index in [2.05, 4.69) is 9.84 Å². The van der Waals surface area contributed by atoms with E-state index < -0.39 is 11.6 Å². The van der Waals surface area contributed by atoms with E-state index in [0.717, 1.165) is 16.6 Å². The molecule has 0 bridgehead atoms. The van der Waals surface area contributed by atoms with Crippen LogP contribution in [0.5, 0.6) is 0 Å². The van der Waals surface area contributed by atoms with Crippen molar-refractivity contribution in [1.82, 2.24) is 9.78 Å². The molecule has 2 heterocycles. The van der Waals surface area contributed by atoms with Gasteiger partial charge in [-0.3, -0.25) is 0 Å². The van der Waals surface area contributed by atoms with Crippen molar-refractivity contribution in [2.45, 2.75) is 6.92 Å². The van der Waals surface area contributed by atoms with Gasteiger partial charge in [0, 0.05) is 17.0 Å². The third-order valence-electron chi connectivity index (χ3n) is 4.37. The number of hydrogen-bond donors (Lipinski definition) is 0. The Kier molecular flexibility index (Phi) is 4.08. The van der Waals surface area contributed by atoms with E-state index in [-0.39, 0.29) is 0 Å². The average Bonchev–Trinajstić information content (AvgIpc) is 3.04. The van der Waals surface area contributed by atoms with Crippen molar-refractivity contribution in [1.29, 1.82) is 0 Å². The second-order valence-electron chi connectivity index (χ2n) is 6.02. The average molecular weight is 360 g/mol. The molecule has 0 atom stereocenters. The molecule has 4 rings (SSSR count). The molecular formula is C21H16N2O4. The van der Waals surface area contributed by atoms with Crippen molar-refractivity contribution in [3.8, 4) is 5.69 Å². The summed E-state index contributed by atoms with van der Waals surface area (Å²) in [5.74, 6) is -0.447. The van der Waals surface area contributed by atoms with Gasteiger partial charge in [-0.1, -0.05) is 30.3 Å². The quantitative estimate of drug-likeness (QED) is 0.317. The number of aryl methyl sites for hydroxylation is 1. The van der Waals surface area contributed by atoms with Crippen LogP contribution >= 0.6 is 0 Å². The van der Waals surface area contributed by atoms with Gasteiger partial charge in [0.05, 0.1) is 24.0 Å². The standard InChI is InChI=1S/C21H16N2O4/c1-13-19-20(15-8-4-6-10-17(15)27-21(19)25)23(22-13)16-9-5-3-7-14(16)11-12-18(24)26-2/h3-12H,1-2H3/b12-11+. The highest BCUT2D eigenvalue weighted by Gasteiger charge is 2.18. The van der Waals surface area contributed by atoms with Gasteiger partial charge < -0.3 is 9.15 Å². The second kappa shape index (κ2) is 6.57. The Morgan fingerprint density at radius 1 is 1.15 bits per heavy atom. The van der Waals surface area contributed by atoms with Gasteiger partial charge in [0.1, 0.15) is 11.0 Å². The number of carbonyl (C=O) groups is 1. The van der Waals surface area contributed by atoms with Crippen LogP contribution in [0.15, 0.2) is 63.8 Å². The lowest BCUT2D eigenvalue weighted by Gasteiger charge is -2.09. The number of benzene rings is 2. The molecule has 0 aliphatic heterocycles. The molecule has 134 valence electrons. The number of esters is 1.